The van der Waals surface area contributed by atoms with Gasteiger partial charge >= 0.3 is 5.97 Å². The number of amides is 1. The standard InChI is InChI=1S/C19H21NO6S/c1-26-17-9-4-3-6-13(17)10-15(19(22)23)12-20-18(21)14-7-5-8-16(11-14)27(2,24)25/h3-9,11,15H,10,12H2,1-2H3,(H,20,21)(H,22,23). The van der Waals surface area contributed by atoms with Crippen molar-refractivity contribution in [2.24, 2.45) is 5.92 Å². The van der Waals surface area contributed by atoms with Crippen molar-refractivity contribution in [2.75, 3.05) is 19.9 Å². The summed E-state index contributed by atoms with van der Waals surface area (Å²) in [5.41, 5.74) is 0.875. The van der Waals surface area contributed by atoms with Gasteiger partial charge in [-0.25, -0.2) is 8.42 Å². The number of para-hydroxylation sites is 1. The van der Waals surface area contributed by atoms with E-state index in [4.69, 9.17) is 4.74 Å². The maximum Gasteiger partial charge on any atom is 0.308 e. The van der Waals surface area contributed by atoms with Crippen LogP contribution < -0.4 is 10.1 Å². The van der Waals surface area contributed by atoms with Crippen LogP contribution in [0.4, 0.5) is 0 Å². The maximum atomic E-state index is 12.3. The van der Waals surface area contributed by atoms with E-state index in [1.54, 1.807) is 24.3 Å². The Morgan fingerprint density at radius 1 is 1.15 bits per heavy atom. The minimum absolute atomic E-state index is 0.0268. The highest BCUT2D eigenvalue weighted by molar-refractivity contribution is 7.90. The van der Waals surface area contributed by atoms with E-state index in [9.17, 15) is 23.1 Å². The predicted molar refractivity (Wildman–Crippen MR) is 99.7 cm³/mol. The third-order valence-electron chi connectivity index (χ3n) is 4.04. The molecule has 2 N–H and O–H groups in total. The average Bonchev–Trinajstić information content (AvgIpc) is 2.64. The molecular formula is C19H21NO6S. The molecule has 0 radical (unpaired) electrons. The molecule has 2 aromatic carbocycles. The van der Waals surface area contributed by atoms with E-state index >= 15 is 0 Å². The number of hydrogen-bond acceptors (Lipinski definition) is 5. The van der Waals surface area contributed by atoms with Crippen LogP contribution in [0.1, 0.15) is 15.9 Å². The van der Waals surface area contributed by atoms with Crippen LogP contribution in [-0.4, -0.2) is 45.3 Å². The number of ether oxygens (including phenoxy) is 1. The van der Waals surface area contributed by atoms with Crippen LogP contribution in [0.15, 0.2) is 53.4 Å². The Balaban J connectivity index is 2.10. The SMILES string of the molecule is COc1ccccc1CC(CNC(=O)c1cccc(S(C)(=O)=O)c1)C(=O)O. The molecular weight excluding hydrogens is 370 g/mol. The molecule has 7 nitrogen and oxygen atoms in total. The molecule has 0 aromatic heterocycles. The topological polar surface area (TPSA) is 110 Å². The maximum absolute atomic E-state index is 12.3. The van der Waals surface area contributed by atoms with E-state index in [0.29, 0.717) is 5.75 Å². The summed E-state index contributed by atoms with van der Waals surface area (Å²) in [5.74, 6) is -1.86. The van der Waals surface area contributed by atoms with Crippen LogP contribution >= 0.6 is 0 Å². The lowest BCUT2D eigenvalue weighted by atomic mass is 9.98. The second kappa shape index (κ2) is 8.68. The number of methoxy groups -OCH3 is 1. The molecule has 27 heavy (non-hydrogen) atoms. The van der Waals surface area contributed by atoms with Gasteiger partial charge in [0.25, 0.3) is 5.91 Å². The summed E-state index contributed by atoms with van der Waals surface area (Å²) < 4.78 is 28.4. The van der Waals surface area contributed by atoms with Crippen LogP contribution in [0.3, 0.4) is 0 Å². The normalized spacial score (nSPS) is 12.2. The monoisotopic (exact) mass is 391 g/mol. The molecule has 1 amide bonds. The molecule has 0 bridgehead atoms. The summed E-state index contributed by atoms with van der Waals surface area (Å²) in [6, 6.07) is 12.7. The largest absolute Gasteiger partial charge is 0.496 e. The highest BCUT2D eigenvalue weighted by Crippen LogP contribution is 2.21. The average molecular weight is 391 g/mol. The summed E-state index contributed by atoms with van der Waals surface area (Å²) >= 11 is 0. The second-order valence-electron chi connectivity index (χ2n) is 6.06. The van der Waals surface area contributed by atoms with Crippen molar-refractivity contribution in [3.63, 3.8) is 0 Å². The molecule has 2 rings (SSSR count). The smallest absolute Gasteiger partial charge is 0.308 e. The minimum atomic E-state index is -3.44. The van der Waals surface area contributed by atoms with Gasteiger partial charge in [-0.15, -0.1) is 0 Å². The molecule has 2 aromatic rings. The van der Waals surface area contributed by atoms with Gasteiger partial charge in [-0.2, -0.15) is 0 Å². The van der Waals surface area contributed by atoms with Crippen molar-refractivity contribution in [1.29, 1.82) is 0 Å². The third kappa shape index (κ3) is 5.55. The zero-order valence-corrected chi connectivity index (χ0v) is 15.8. The summed E-state index contributed by atoms with van der Waals surface area (Å²) in [5, 5.41) is 12.0. The first-order valence-electron chi connectivity index (χ1n) is 8.15. The first-order valence-corrected chi connectivity index (χ1v) is 10.0. The van der Waals surface area contributed by atoms with Gasteiger partial charge in [-0.3, -0.25) is 9.59 Å². The number of carboxylic acid groups (broad SMARTS) is 1. The first kappa shape index (κ1) is 20.4. The number of carboxylic acids is 1. The molecule has 0 spiro atoms. The lowest BCUT2D eigenvalue weighted by molar-refractivity contribution is -0.141. The molecule has 0 heterocycles. The van der Waals surface area contributed by atoms with Crippen LogP contribution in [0.5, 0.6) is 5.75 Å². The highest BCUT2D eigenvalue weighted by Gasteiger charge is 2.21. The summed E-state index contributed by atoms with van der Waals surface area (Å²) in [7, 11) is -1.93. The number of sulfone groups is 1. The Hall–Kier alpha value is -2.87. The van der Waals surface area contributed by atoms with Gasteiger partial charge < -0.3 is 15.2 Å². The first-order chi connectivity index (χ1) is 12.7. The lowest BCUT2D eigenvalue weighted by Crippen LogP contribution is -2.34. The van der Waals surface area contributed by atoms with E-state index < -0.39 is 27.6 Å². The van der Waals surface area contributed by atoms with Gasteiger partial charge in [-0.1, -0.05) is 24.3 Å². The lowest BCUT2D eigenvalue weighted by Gasteiger charge is -2.15. The molecule has 0 fully saturated rings. The fraction of sp³-hybridized carbons (Fsp3) is 0.263. The Morgan fingerprint density at radius 3 is 2.48 bits per heavy atom. The number of aliphatic carboxylic acids is 1. The van der Waals surface area contributed by atoms with Gasteiger partial charge in [-0.05, 0) is 36.2 Å². The van der Waals surface area contributed by atoms with Crippen molar-refractivity contribution in [2.45, 2.75) is 11.3 Å². The number of carbonyl (C=O) groups is 2. The molecule has 8 heteroatoms. The zero-order valence-electron chi connectivity index (χ0n) is 15.0. The minimum Gasteiger partial charge on any atom is -0.496 e. The summed E-state index contributed by atoms with van der Waals surface area (Å²) in [4.78, 5) is 23.9. The van der Waals surface area contributed by atoms with Gasteiger partial charge in [0, 0.05) is 18.4 Å². The van der Waals surface area contributed by atoms with Crippen LogP contribution in [-0.2, 0) is 21.1 Å². The van der Waals surface area contributed by atoms with E-state index in [0.717, 1.165) is 11.8 Å². The zero-order chi connectivity index (χ0) is 20.0. The van der Waals surface area contributed by atoms with Gasteiger partial charge in [0.05, 0.1) is 17.9 Å². The fourth-order valence-electron chi connectivity index (χ4n) is 2.57. The molecule has 0 aliphatic rings. The third-order valence-corrected chi connectivity index (χ3v) is 5.15. The number of hydrogen-bond donors (Lipinski definition) is 2. The number of carbonyl (C=O) groups excluding carboxylic acids is 1. The molecule has 0 saturated heterocycles. The quantitative estimate of drug-likeness (QED) is 0.710. The molecule has 0 aliphatic heterocycles. The van der Waals surface area contributed by atoms with Crippen LogP contribution in [0, 0.1) is 5.92 Å². The van der Waals surface area contributed by atoms with Gasteiger partial charge in [0.2, 0.25) is 0 Å². The molecule has 144 valence electrons. The van der Waals surface area contributed by atoms with Crippen molar-refractivity contribution < 1.29 is 27.9 Å². The van der Waals surface area contributed by atoms with Gasteiger partial charge in [0.15, 0.2) is 9.84 Å². The fourth-order valence-corrected chi connectivity index (χ4v) is 3.24. The molecule has 0 aliphatic carbocycles. The highest BCUT2D eigenvalue weighted by atomic mass is 32.2. The summed E-state index contributed by atoms with van der Waals surface area (Å²) in [6.45, 7) is -0.102. The number of nitrogens with one attached hydrogen (secondary N) is 1. The molecule has 0 saturated carbocycles. The van der Waals surface area contributed by atoms with Crippen LogP contribution in [0.25, 0.3) is 0 Å². The molecule has 1 atom stereocenters. The van der Waals surface area contributed by atoms with Crippen molar-refractivity contribution in [3.8, 4) is 5.75 Å². The Kier molecular flexibility index (Phi) is 6.57. The van der Waals surface area contributed by atoms with Crippen molar-refractivity contribution in [3.05, 3.63) is 59.7 Å². The summed E-state index contributed by atoms with van der Waals surface area (Å²) in [6.07, 6.45) is 1.24. The predicted octanol–water partition coefficient (Wildman–Crippen LogP) is 1.77. The molecule has 1 unspecified atom stereocenters. The van der Waals surface area contributed by atoms with Crippen molar-refractivity contribution in [1.82, 2.24) is 5.32 Å². The van der Waals surface area contributed by atoms with Crippen molar-refractivity contribution >= 4 is 21.7 Å². The van der Waals surface area contributed by atoms with E-state index in [1.807, 2.05) is 0 Å². The number of benzene rings is 2. The Labute approximate surface area is 157 Å². The van der Waals surface area contributed by atoms with E-state index in [1.165, 1.54) is 31.4 Å². The van der Waals surface area contributed by atoms with E-state index in [2.05, 4.69) is 5.32 Å². The van der Waals surface area contributed by atoms with Gasteiger partial charge in [0.1, 0.15) is 5.75 Å². The Bertz CT molecular complexity index is 939. The van der Waals surface area contributed by atoms with Crippen LogP contribution in [0.2, 0.25) is 0 Å². The second-order valence-corrected chi connectivity index (χ2v) is 8.08. The Morgan fingerprint density at radius 2 is 1.85 bits per heavy atom. The van der Waals surface area contributed by atoms with E-state index in [-0.39, 0.29) is 23.4 Å². The number of rotatable bonds is 8.